The van der Waals surface area contributed by atoms with Gasteiger partial charge in [0.15, 0.2) is 0 Å². The summed E-state index contributed by atoms with van der Waals surface area (Å²) in [5.41, 5.74) is 3.14. The highest BCUT2D eigenvalue weighted by Gasteiger charge is 2.48. The largest absolute Gasteiger partial charge is 0.466 e. The molecule has 1 unspecified atom stereocenters. The first-order valence-corrected chi connectivity index (χ1v) is 10.4. The Balaban J connectivity index is 1.96. The number of carbonyl (C=O) groups excluding carboxylic acids is 2. The normalized spacial score (nSPS) is 24.2. The zero-order chi connectivity index (χ0) is 20.2. The summed E-state index contributed by atoms with van der Waals surface area (Å²) in [5, 5.41) is 1.18. The van der Waals surface area contributed by atoms with Gasteiger partial charge in [-0.1, -0.05) is 32.0 Å². The van der Waals surface area contributed by atoms with Crippen LogP contribution in [0.1, 0.15) is 50.0 Å². The minimum atomic E-state index is -0.389. The number of benzene rings is 1. The van der Waals surface area contributed by atoms with Gasteiger partial charge < -0.3 is 4.74 Å². The van der Waals surface area contributed by atoms with Crippen molar-refractivity contribution in [3.05, 3.63) is 46.0 Å². The number of Topliss-reactive ketones (excluding diaryl/α,β-unsaturated/α-hetero) is 1. The number of nitrogens with zero attached hydrogens (tertiary/aromatic N) is 1. The number of aliphatic imine (C=N–C) groups is 1. The minimum Gasteiger partial charge on any atom is -0.466 e. The Morgan fingerprint density at radius 2 is 1.89 bits per heavy atom. The number of ketones is 1. The van der Waals surface area contributed by atoms with Crippen molar-refractivity contribution in [1.82, 2.24) is 0 Å². The SMILES string of the molecule is COC(=O)C1=C(C)N=C2CC(C)(C)CC(=O)C2[C@H]1c1sc2ccccc2c1C. The molecular weight excluding hydrogens is 370 g/mol. The number of allylic oxidation sites excluding steroid dienone is 1. The first-order chi connectivity index (χ1) is 13.2. The van der Waals surface area contributed by atoms with E-state index in [0.29, 0.717) is 17.7 Å². The third-order valence-corrected chi connectivity index (χ3v) is 7.29. The predicted octanol–water partition coefficient (Wildman–Crippen LogP) is 5.20. The molecule has 4 rings (SSSR count). The molecule has 1 saturated carbocycles. The smallest absolute Gasteiger partial charge is 0.336 e. The number of ether oxygens (including phenoxy) is 1. The number of aryl methyl sites for hydroxylation is 1. The van der Waals surface area contributed by atoms with Crippen LogP contribution in [0.3, 0.4) is 0 Å². The maximum Gasteiger partial charge on any atom is 0.336 e. The molecule has 146 valence electrons. The number of esters is 1. The molecule has 5 heteroatoms. The van der Waals surface area contributed by atoms with Crippen LogP contribution in [0.25, 0.3) is 10.1 Å². The van der Waals surface area contributed by atoms with Gasteiger partial charge in [0.25, 0.3) is 0 Å². The van der Waals surface area contributed by atoms with E-state index in [1.807, 2.05) is 19.1 Å². The zero-order valence-electron chi connectivity index (χ0n) is 17.0. The summed E-state index contributed by atoms with van der Waals surface area (Å²) in [5.74, 6) is -0.913. The Labute approximate surface area is 169 Å². The second kappa shape index (κ2) is 6.66. The number of hydrogen-bond acceptors (Lipinski definition) is 5. The third-order valence-electron chi connectivity index (χ3n) is 5.93. The second-order valence-corrected chi connectivity index (χ2v) is 9.70. The summed E-state index contributed by atoms with van der Waals surface area (Å²) in [6.07, 6.45) is 1.28. The number of thiophene rings is 1. The fourth-order valence-electron chi connectivity index (χ4n) is 4.74. The van der Waals surface area contributed by atoms with E-state index in [0.717, 1.165) is 22.6 Å². The molecule has 0 amide bonds. The lowest BCUT2D eigenvalue weighted by Crippen LogP contribution is -2.44. The molecule has 0 N–H and O–H groups in total. The molecule has 0 bridgehead atoms. The topological polar surface area (TPSA) is 55.7 Å². The van der Waals surface area contributed by atoms with Gasteiger partial charge in [0.1, 0.15) is 5.78 Å². The van der Waals surface area contributed by atoms with Gasteiger partial charge in [0.05, 0.1) is 18.6 Å². The molecule has 0 radical (unpaired) electrons. The van der Waals surface area contributed by atoms with Crippen LogP contribution >= 0.6 is 11.3 Å². The van der Waals surface area contributed by atoms with Crippen molar-refractivity contribution in [3.63, 3.8) is 0 Å². The summed E-state index contributed by atoms with van der Waals surface area (Å²) < 4.78 is 6.28. The maximum atomic E-state index is 13.3. The number of hydrogen-bond donors (Lipinski definition) is 0. The number of rotatable bonds is 2. The maximum absolute atomic E-state index is 13.3. The molecule has 1 aromatic heterocycles. The van der Waals surface area contributed by atoms with Crippen LogP contribution in [0.5, 0.6) is 0 Å². The average molecular weight is 396 g/mol. The van der Waals surface area contributed by atoms with Gasteiger partial charge in [0.2, 0.25) is 0 Å². The molecule has 1 aliphatic heterocycles. The zero-order valence-corrected chi connectivity index (χ0v) is 17.8. The van der Waals surface area contributed by atoms with Crippen LogP contribution in [0, 0.1) is 18.3 Å². The van der Waals surface area contributed by atoms with Crippen LogP contribution < -0.4 is 0 Å². The molecule has 2 aliphatic rings. The summed E-state index contributed by atoms with van der Waals surface area (Å²) in [6, 6.07) is 8.24. The van der Waals surface area contributed by atoms with Gasteiger partial charge in [-0.2, -0.15) is 0 Å². The van der Waals surface area contributed by atoms with Crippen molar-refractivity contribution in [2.45, 2.75) is 46.5 Å². The molecule has 1 aromatic carbocycles. The number of fused-ring (bicyclic) bond motifs is 2. The standard InChI is InChI=1S/C23H25NO3S/c1-12-14-8-6-7-9-17(14)28-21(12)20-18(22(26)27-5)13(2)24-15-10-23(3,4)11-16(25)19(15)20/h6-9,19-20H,10-11H2,1-5H3/t19?,20-/m0/s1. The predicted molar refractivity (Wildman–Crippen MR) is 113 cm³/mol. The molecule has 2 atom stereocenters. The summed E-state index contributed by atoms with van der Waals surface area (Å²) in [7, 11) is 1.39. The second-order valence-electron chi connectivity index (χ2n) is 8.62. The Kier molecular flexibility index (Phi) is 4.53. The van der Waals surface area contributed by atoms with E-state index < -0.39 is 0 Å². The molecule has 2 heterocycles. The highest BCUT2D eigenvalue weighted by Crippen LogP contribution is 2.50. The lowest BCUT2D eigenvalue weighted by molar-refractivity contribution is -0.136. The highest BCUT2D eigenvalue weighted by atomic mass is 32.1. The summed E-state index contributed by atoms with van der Waals surface area (Å²) in [6.45, 7) is 8.16. The van der Waals surface area contributed by atoms with Crippen molar-refractivity contribution in [2.75, 3.05) is 7.11 Å². The van der Waals surface area contributed by atoms with Crippen LogP contribution in [-0.4, -0.2) is 24.6 Å². The first-order valence-electron chi connectivity index (χ1n) is 9.61. The highest BCUT2D eigenvalue weighted by molar-refractivity contribution is 7.19. The molecule has 1 fully saturated rings. The quantitative estimate of drug-likeness (QED) is 0.657. The number of carbonyl (C=O) groups is 2. The van der Waals surface area contributed by atoms with Crippen molar-refractivity contribution in [1.29, 1.82) is 0 Å². The summed E-state index contributed by atoms with van der Waals surface area (Å²) >= 11 is 1.67. The lowest BCUT2D eigenvalue weighted by atomic mass is 9.64. The van der Waals surface area contributed by atoms with Crippen LogP contribution in [-0.2, 0) is 14.3 Å². The van der Waals surface area contributed by atoms with Gasteiger partial charge in [-0.3, -0.25) is 9.79 Å². The van der Waals surface area contributed by atoms with Crippen molar-refractivity contribution in [2.24, 2.45) is 16.3 Å². The lowest BCUT2D eigenvalue weighted by Gasteiger charge is -2.40. The molecular formula is C23H25NO3S. The average Bonchev–Trinajstić information content (AvgIpc) is 2.95. The Morgan fingerprint density at radius 1 is 1.18 bits per heavy atom. The van der Waals surface area contributed by atoms with Gasteiger partial charge in [-0.05, 0) is 42.7 Å². The first kappa shape index (κ1) is 19.1. The van der Waals surface area contributed by atoms with Crippen molar-refractivity contribution in [3.8, 4) is 0 Å². The monoisotopic (exact) mass is 395 g/mol. The molecule has 0 saturated heterocycles. The van der Waals surface area contributed by atoms with E-state index in [-0.39, 0.29) is 29.0 Å². The van der Waals surface area contributed by atoms with Gasteiger partial charge in [-0.25, -0.2) is 4.79 Å². The third kappa shape index (κ3) is 2.93. The van der Waals surface area contributed by atoms with E-state index in [9.17, 15) is 9.59 Å². The van der Waals surface area contributed by atoms with Gasteiger partial charge in [0, 0.05) is 33.3 Å². The van der Waals surface area contributed by atoms with Crippen molar-refractivity contribution >= 4 is 38.9 Å². The Morgan fingerprint density at radius 3 is 2.57 bits per heavy atom. The molecule has 4 nitrogen and oxygen atoms in total. The number of methoxy groups -OCH3 is 1. The van der Waals surface area contributed by atoms with Crippen LogP contribution in [0.15, 0.2) is 40.5 Å². The van der Waals surface area contributed by atoms with E-state index in [4.69, 9.17) is 9.73 Å². The molecule has 28 heavy (non-hydrogen) atoms. The van der Waals surface area contributed by atoms with Crippen LogP contribution in [0.4, 0.5) is 0 Å². The Bertz CT molecular complexity index is 1060. The summed E-state index contributed by atoms with van der Waals surface area (Å²) in [4.78, 5) is 31.8. The molecule has 1 aliphatic carbocycles. The Hall–Kier alpha value is -2.27. The minimum absolute atomic E-state index is 0.102. The fraction of sp³-hybridized carbons (Fsp3) is 0.435. The van der Waals surface area contributed by atoms with E-state index in [2.05, 4.69) is 32.9 Å². The van der Waals surface area contributed by atoms with Crippen LogP contribution in [0.2, 0.25) is 0 Å². The molecule has 2 aromatic rings. The molecule has 0 spiro atoms. The van der Waals surface area contributed by atoms with E-state index in [1.165, 1.54) is 17.2 Å². The van der Waals surface area contributed by atoms with E-state index >= 15 is 0 Å². The fourth-order valence-corrected chi connectivity index (χ4v) is 6.10. The van der Waals surface area contributed by atoms with E-state index in [1.54, 1.807) is 11.3 Å². The van der Waals surface area contributed by atoms with Gasteiger partial charge >= 0.3 is 5.97 Å². The van der Waals surface area contributed by atoms with Crippen molar-refractivity contribution < 1.29 is 14.3 Å². The van der Waals surface area contributed by atoms with Gasteiger partial charge in [-0.15, -0.1) is 11.3 Å².